The van der Waals surface area contributed by atoms with Crippen molar-refractivity contribution in [1.82, 2.24) is 4.90 Å². The van der Waals surface area contributed by atoms with E-state index in [9.17, 15) is 0 Å². The van der Waals surface area contributed by atoms with Gasteiger partial charge >= 0.3 is 0 Å². The summed E-state index contributed by atoms with van der Waals surface area (Å²) >= 11 is 0. The second-order valence-corrected chi connectivity index (χ2v) is 7.02. The highest BCUT2D eigenvalue weighted by atomic mass is 16.5. The van der Waals surface area contributed by atoms with E-state index in [0.29, 0.717) is 11.5 Å². The molecule has 1 atom stereocenters. The molecule has 1 aromatic rings. The molecule has 0 saturated heterocycles. The van der Waals surface area contributed by atoms with Crippen molar-refractivity contribution in [2.45, 2.75) is 59.4 Å². The van der Waals surface area contributed by atoms with Crippen molar-refractivity contribution >= 4 is 0 Å². The fourth-order valence-electron chi connectivity index (χ4n) is 3.90. The molecular weight excluding hydrogens is 258 g/mol. The Morgan fingerprint density at radius 2 is 1.86 bits per heavy atom. The fraction of sp³-hybridized carbons (Fsp3) is 0.684. The molecule has 0 amide bonds. The molecule has 2 rings (SSSR count). The van der Waals surface area contributed by atoms with Crippen LogP contribution in [0.3, 0.4) is 0 Å². The van der Waals surface area contributed by atoms with Crippen molar-refractivity contribution in [3.63, 3.8) is 0 Å². The van der Waals surface area contributed by atoms with Crippen molar-refractivity contribution in [1.29, 1.82) is 0 Å². The van der Waals surface area contributed by atoms with Crippen molar-refractivity contribution in [2.24, 2.45) is 5.41 Å². The molecule has 0 fully saturated rings. The molecule has 118 valence electrons. The number of ether oxygens (including phenoxy) is 1. The van der Waals surface area contributed by atoms with Gasteiger partial charge in [0.25, 0.3) is 0 Å². The van der Waals surface area contributed by atoms with Gasteiger partial charge in [-0.2, -0.15) is 0 Å². The third kappa shape index (κ3) is 3.42. The van der Waals surface area contributed by atoms with Gasteiger partial charge in [-0.1, -0.05) is 39.8 Å². The fourth-order valence-corrected chi connectivity index (χ4v) is 3.90. The van der Waals surface area contributed by atoms with Crippen LogP contribution in [0.5, 0.6) is 5.75 Å². The Morgan fingerprint density at radius 1 is 1.19 bits per heavy atom. The van der Waals surface area contributed by atoms with Crippen LogP contribution in [0.25, 0.3) is 0 Å². The van der Waals surface area contributed by atoms with E-state index in [1.165, 1.54) is 37.1 Å². The Labute approximate surface area is 130 Å². The first kappa shape index (κ1) is 16.4. The van der Waals surface area contributed by atoms with Gasteiger partial charge in [0.2, 0.25) is 0 Å². The summed E-state index contributed by atoms with van der Waals surface area (Å²) in [5.74, 6) is 1.07. The minimum absolute atomic E-state index is 0.323. The Kier molecular flexibility index (Phi) is 5.32. The first-order chi connectivity index (χ1) is 10.0. The molecule has 0 aliphatic heterocycles. The summed E-state index contributed by atoms with van der Waals surface area (Å²) in [7, 11) is 1.79. The topological polar surface area (TPSA) is 12.5 Å². The summed E-state index contributed by atoms with van der Waals surface area (Å²) < 4.78 is 5.61. The summed E-state index contributed by atoms with van der Waals surface area (Å²) in [6, 6.07) is 7.13. The predicted molar refractivity (Wildman–Crippen MR) is 90.1 cm³/mol. The molecule has 0 heterocycles. The van der Waals surface area contributed by atoms with E-state index in [0.717, 1.165) is 18.6 Å². The van der Waals surface area contributed by atoms with Crippen LogP contribution in [0.15, 0.2) is 18.2 Å². The summed E-state index contributed by atoms with van der Waals surface area (Å²) in [6.45, 7) is 11.8. The van der Waals surface area contributed by atoms with Crippen LogP contribution in [-0.4, -0.2) is 31.1 Å². The van der Waals surface area contributed by atoms with Crippen LogP contribution in [-0.2, 0) is 12.8 Å². The Morgan fingerprint density at radius 3 is 2.43 bits per heavy atom. The molecule has 0 spiro atoms. The zero-order chi connectivity index (χ0) is 15.5. The van der Waals surface area contributed by atoms with Gasteiger partial charge in [-0.25, -0.2) is 0 Å². The molecule has 0 saturated carbocycles. The predicted octanol–water partition coefficient (Wildman–Crippen LogP) is 4.31. The summed E-state index contributed by atoms with van der Waals surface area (Å²) in [5.41, 5.74) is 3.23. The van der Waals surface area contributed by atoms with Gasteiger partial charge in [0.05, 0.1) is 7.11 Å². The van der Waals surface area contributed by atoms with Gasteiger partial charge < -0.3 is 4.74 Å². The highest BCUT2D eigenvalue weighted by Crippen LogP contribution is 2.41. The zero-order valence-electron chi connectivity index (χ0n) is 14.4. The second kappa shape index (κ2) is 6.83. The van der Waals surface area contributed by atoms with Crippen LogP contribution in [0.1, 0.15) is 51.7 Å². The molecule has 21 heavy (non-hydrogen) atoms. The maximum absolute atomic E-state index is 5.61. The SMILES string of the molecule is CCCN(CCC)[C@@H]1Cc2c(cccc2OC)CC1(C)C. The number of hydrogen-bond donors (Lipinski definition) is 0. The second-order valence-electron chi connectivity index (χ2n) is 7.02. The largest absolute Gasteiger partial charge is 0.496 e. The minimum Gasteiger partial charge on any atom is -0.496 e. The highest BCUT2D eigenvalue weighted by Gasteiger charge is 2.39. The van der Waals surface area contributed by atoms with Gasteiger partial charge in [-0.15, -0.1) is 0 Å². The summed E-state index contributed by atoms with van der Waals surface area (Å²) in [4.78, 5) is 2.70. The third-order valence-electron chi connectivity index (χ3n) is 4.86. The van der Waals surface area contributed by atoms with Crippen LogP contribution < -0.4 is 4.74 Å². The average Bonchev–Trinajstić information content (AvgIpc) is 2.44. The lowest BCUT2D eigenvalue weighted by Gasteiger charge is -2.46. The third-order valence-corrected chi connectivity index (χ3v) is 4.86. The lowest BCUT2D eigenvalue weighted by atomic mass is 9.69. The number of nitrogens with zero attached hydrogens (tertiary/aromatic N) is 1. The smallest absolute Gasteiger partial charge is 0.122 e. The van der Waals surface area contributed by atoms with E-state index in [4.69, 9.17) is 4.74 Å². The Balaban J connectivity index is 2.34. The van der Waals surface area contributed by atoms with Crippen LogP contribution in [0.2, 0.25) is 0 Å². The molecule has 2 heteroatoms. The van der Waals surface area contributed by atoms with Gasteiger partial charge in [0, 0.05) is 6.04 Å². The molecule has 0 bridgehead atoms. The molecular formula is C19H31NO. The van der Waals surface area contributed by atoms with Crippen molar-refractivity contribution in [2.75, 3.05) is 20.2 Å². The van der Waals surface area contributed by atoms with Gasteiger partial charge in [0.15, 0.2) is 0 Å². The van der Waals surface area contributed by atoms with Crippen molar-refractivity contribution < 1.29 is 4.74 Å². The van der Waals surface area contributed by atoms with Gasteiger partial charge in [-0.3, -0.25) is 4.90 Å². The maximum atomic E-state index is 5.61. The number of hydrogen-bond acceptors (Lipinski definition) is 2. The quantitative estimate of drug-likeness (QED) is 0.773. The van der Waals surface area contributed by atoms with E-state index in [1.54, 1.807) is 7.11 Å². The molecule has 2 nitrogen and oxygen atoms in total. The molecule has 1 aromatic carbocycles. The number of fused-ring (bicyclic) bond motifs is 1. The van der Waals surface area contributed by atoms with Crippen molar-refractivity contribution in [3.8, 4) is 5.75 Å². The Bertz CT molecular complexity index is 461. The molecule has 0 aromatic heterocycles. The van der Waals surface area contributed by atoms with Gasteiger partial charge in [0.1, 0.15) is 5.75 Å². The number of methoxy groups -OCH3 is 1. The first-order valence-electron chi connectivity index (χ1n) is 8.42. The van der Waals surface area contributed by atoms with E-state index in [2.05, 4.69) is 50.8 Å². The van der Waals surface area contributed by atoms with E-state index >= 15 is 0 Å². The zero-order valence-corrected chi connectivity index (χ0v) is 14.4. The average molecular weight is 289 g/mol. The molecule has 1 aliphatic carbocycles. The minimum atomic E-state index is 0.323. The Hall–Kier alpha value is -1.02. The standard InChI is InChI=1S/C19H31NO/c1-6-11-20(12-7-2)18-13-16-15(14-19(18,3)4)9-8-10-17(16)21-5/h8-10,18H,6-7,11-14H2,1-5H3/t18-/m1/s1. The molecule has 0 unspecified atom stereocenters. The van der Waals surface area contributed by atoms with Crippen LogP contribution in [0, 0.1) is 5.41 Å². The lowest BCUT2D eigenvalue weighted by Crippen LogP contribution is -2.50. The van der Waals surface area contributed by atoms with Crippen LogP contribution in [0.4, 0.5) is 0 Å². The van der Waals surface area contributed by atoms with E-state index < -0.39 is 0 Å². The van der Waals surface area contributed by atoms with E-state index in [1.807, 2.05) is 0 Å². The molecule has 0 N–H and O–H groups in total. The monoisotopic (exact) mass is 289 g/mol. The maximum Gasteiger partial charge on any atom is 0.122 e. The summed E-state index contributed by atoms with van der Waals surface area (Å²) in [6.07, 6.45) is 4.72. The molecule has 0 radical (unpaired) electrons. The van der Waals surface area contributed by atoms with Gasteiger partial charge in [-0.05, 0) is 61.4 Å². The first-order valence-corrected chi connectivity index (χ1v) is 8.42. The molecule has 1 aliphatic rings. The number of rotatable bonds is 6. The number of benzene rings is 1. The van der Waals surface area contributed by atoms with E-state index in [-0.39, 0.29) is 0 Å². The summed E-state index contributed by atoms with van der Waals surface area (Å²) in [5, 5.41) is 0. The highest BCUT2D eigenvalue weighted by molar-refractivity contribution is 5.43. The van der Waals surface area contributed by atoms with Crippen LogP contribution >= 0.6 is 0 Å². The lowest BCUT2D eigenvalue weighted by molar-refractivity contribution is 0.0770. The normalized spacial score (nSPS) is 20.4. The van der Waals surface area contributed by atoms with Crippen molar-refractivity contribution in [3.05, 3.63) is 29.3 Å².